The number of aryl methyl sites for hydroxylation is 1. The zero-order valence-corrected chi connectivity index (χ0v) is 16.8. The first kappa shape index (κ1) is 19.7. The second kappa shape index (κ2) is 10.4. The van der Waals surface area contributed by atoms with Gasteiger partial charge in [-0.1, -0.05) is 29.3 Å². The van der Waals surface area contributed by atoms with Crippen molar-refractivity contribution in [1.29, 1.82) is 0 Å². The van der Waals surface area contributed by atoms with Crippen LogP contribution in [0, 0.1) is 6.92 Å². The van der Waals surface area contributed by atoms with E-state index in [4.69, 9.17) is 9.73 Å². The molecule has 1 saturated heterocycles. The van der Waals surface area contributed by atoms with Gasteiger partial charge in [-0.15, -0.1) is 0 Å². The van der Waals surface area contributed by atoms with Gasteiger partial charge in [0, 0.05) is 37.9 Å². The van der Waals surface area contributed by atoms with Gasteiger partial charge >= 0.3 is 0 Å². The number of nitrogens with zero attached hydrogens (tertiary/aromatic N) is 2. The standard InChI is InChI=1S/C22H34N4O/c1-3-23-22(24-13-10-19-11-15-27-16-12-19)25-20-5-4-14-26(17-20)21-8-6-18(2)7-9-21/h6-9,11,20H,3-5,10,12-17H2,1-2H3,(H2,23,24,25). The number of aliphatic imine (C=N–C) groups is 1. The Balaban J connectivity index is 1.54. The molecule has 2 heterocycles. The molecule has 148 valence electrons. The van der Waals surface area contributed by atoms with Crippen LogP contribution in [0.15, 0.2) is 40.9 Å². The number of ether oxygens (including phenoxy) is 1. The second-order valence-corrected chi connectivity index (χ2v) is 7.46. The number of benzene rings is 1. The zero-order valence-electron chi connectivity index (χ0n) is 16.8. The highest BCUT2D eigenvalue weighted by Gasteiger charge is 2.21. The lowest BCUT2D eigenvalue weighted by molar-refractivity contribution is 0.153. The fraction of sp³-hybridized carbons (Fsp3) is 0.591. The molecule has 1 aromatic carbocycles. The molecule has 0 radical (unpaired) electrons. The van der Waals surface area contributed by atoms with Gasteiger partial charge in [0.2, 0.25) is 0 Å². The van der Waals surface area contributed by atoms with Crippen molar-refractivity contribution in [3.8, 4) is 0 Å². The summed E-state index contributed by atoms with van der Waals surface area (Å²) in [6.07, 6.45) is 6.68. The first-order valence-corrected chi connectivity index (χ1v) is 10.4. The van der Waals surface area contributed by atoms with Crippen molar-refractivity contribution in [2.24, 2.45) is 4.99 Å². The number of piperidine rings is 1. The highest BCUT2D eigenvalue weighted by atomic mass is 16.5. The molecule has 1 aromatic rings. The first-order chi connectivity index (χ1) is 13.2. The molecule has 2 N–H and O–H groups in total. The Morgan fingerprint density at radius 3 is 2.89 bits per heavy atom. The minimum Gasteiger partial charge on any atom is -0.377 e. The van der Waals surface area contributed by atoms with E-state index in [9.17, 15) is 0 Å². The maximum absolute atomic E-state index is 5.38. The molecule has 2 aliphatic heterocycles. The molecule has 5 nitrogen and oxygen atoms in total. The van der Waals surface area contributed by atoms with E-state index in [1.807, 2.05) is 0 Å². The highest BCUT2D eigenvalue weighted by molar-refractivity contribution is 5.80. The van der Waals surface area contributed by atoms with Crippen LogP contribution in [0.1, 0.15) is 38.2 Å². The van der Waals surface area contributed by atoms with E-state index in [0.29, 0.717) is 6.04 Å². The smallest absolute Gasteiger partial charge is 0.191 e. The van der Waals surface area contributed by atoms with E-state index in [1.165, 1.54) is 29.7 Å². The van der Waals surface area contributed by atoms with Crippen LogP contribution in [0.4, 0.5) is 5.69 Å². The third kappa shape index (κ3) is 6.28. The maximum Gasteiger partial charge on any atom is 0.191 e. The average Bonchev–Trinajstić information content (AvgIpc) is 2.70. The van der Waals surface area contributed by atoms with Crippen LogP contribution in [0.3, 0.4) is 0 Å². The molecule has 0 bridgehead atoms. The number of anilines is 1. The molecule has 0 spiro atoms. The Morgan fingerprint density at radius 1 is 1.30 bits per heavy atom. The third-order valence-corrected chi connectivity index (χ3v) is 5.27. The van der Waals surface area contributed by atoms with Crippen LogP contribution < -0.4 is 15.5 Å². The van der Waals surface area contributed by atoms with Gasteiger partial charge in [0.1, 0.15) is 0 Å². The Hall–Kier alpha value is -2.01. The number of guanidine groups is 1. The van der Waals surface area contributed by atoms with Crippen molar-refractivity contribution in [1.82, 2.24) is 10.6 Å². The lowest BCUT2D eigenvalue weighted by Gasteiger charge is -2.35. The lowest BCUT2D eigenvalue weighted by Crippen LogP contribution is -2.51. The fourth-order valence-electron chi connectivity index (χ4n) is 3.70. The predicted octanol–water partition coefficient (Wildman–Crippen LogP) is 3.26. The zero-order chi connectivity index (χ0) is 18.9. The molecule has 0 aromatic heterocycles. The number of hydrogen-bond acceptors (Lipinski definition) is 3. The normalized spacial score (nSPS) is 21.0. The van der Waals surface area contributed by atoms with E-state index < -0.39 is 0 Å². The minimum atomic E-state index is 0.431. The summed E-state index contributed by atoms with van der Waals surface area (Å²) in [5.41, 5.74) is 4.11. The van der Waals surface area contributed by atoms with Crippen LogP contribution >= 0.6 is 0 Å². The molecule has 1 unspecified atom stereocenters. The Labute approximate surface area is 163 Å². The summed E-state index contributed by atoms with van der Waals surface area (Å²) in [7, 11) is 0. The lowest BCUT2D eigenvalue weighted by atomic mass is 10.0. The Morgan fingerprint density at radius 2 is 2.15 bits per heavy atom. The SMILES string of the molecule is CCNC(=NCCC1=CCOCC1)NC1CCCN(c2ccc(C)cc2)C1. The van der Waals surface area contributed by atoms with Gasteiger partial charge in [-0.05, 0) is 51.7 Å². The van der Waals surface area contributed by atoms with Crippen molar-refractivity contribution >= 4 is 11.6 Å². The largest absolute Gasteiger partial charge is 0.377 e. The Kier molecular flexibility index (Phi) is 7.57. The van der Waals surface area contributed by atoms with Crippen LogP contribution in [0.2, 0.25) is 0 Å². The third-order valence-electron chi connectivity index (χ3n) is 5.27. The summed E-state index contributed by atoms with van der Waals surface area (Å²) in [6, 6.07) is 9.29. The molecule has 2 aliphatic rings. The second-order valence-electron chi connectivity index (χ2n) is 7.46. The minimum absolute atomic E-state index is 0.431. The van der Waals surface area contributed by atoms with Crippen LogP contribution in [-0.4, -0.2) is 51.4 Å². The van der Waals surface area contributed by atoms with E-state index in [-0.39, 0.29) is 0 Å². The van der Waals surface area contributed by atoms with Crippen molar-refractivity contribution in [2.75, 3.05) is 44.3 Å². The van der Waals surface area contributed by atoms with E-state index >= 15 is 0 Å². The van der Waals surface area contributed by atoms with Gasteiger partial charge in [-0.3, -0.25) is 4.99 Å². The first-order valence-electron chi connectivity index (χ1n) is 10.4. The average molecular weight is 371 g/mol. The summed E-state index contributed by atoms with van der Waals surface area (Å²) < 4.78 is 5.38. The molecule has 0 aliphatic carbocycles. The molecule has 0 saturated carbocycles. The molecule has 5 heteroatoms. The van der Waals surface area contributed by atoms with Gasteiger partial charge in [0.05, 0.1) is 13.2 Å². The number of hydrogen-bond donors (Lipinski definition) is 2. The monoisotopic (exact) mass is 370 g/mol. The molecule has 1 fully saturated rings. The van der Waals surface area contributed by atoms with Crippen LogP contribution in [0.25, 0.3) is 0 Å². The van der Waals surface area contributed by atoms with Crippen LogP contribution in [-0.2, 0) is 4.74 Å². The molecule has 3 rings (SSSR count). The molecular weight excluding hydrogens is 336 g/mol. The molecule has 0 amide bonds. The van der Waals surface area contributed by atoms with Crippen molar-refractivity contribution in [2.45, 2.75) is 45.6 Å². The van der Waals surface area contributed by atoms with E-state index in [1.54, 1.807) is 0 Å². The molecular formula is C22H34N4O. The summed E-state index contributed by atoms with van der Waals surface area (Å²) >= 11 is 0. The summed E-state index contributed by atoms with van der Waals surface area (Å²) in [4.78, 5) is 7.29. The van der Waals surface area contributed by atoms with E-state index in [0.717, 1.165) is 58.2 Å². The van der Waals surface area contributed by atoms with Gasteiger partial charge in [0.25, 0.3) is 0 Å². The fourth-order valence-corrected chi connectivity index (χ4v) is 3.70. The summed E-state index contributed by atoms with van der Waals surface area (Å²) in [5, 5.41) is 7.06. The Bertz CT molecular complexity index is 638. The van der Waals surface area contributed by atoms with Crippen molar-refractivity contribution < 1.29 is 4.74 Å². The predicted molar refractivity (Wildman–Crippen MR) is 114 cm³/mol. The number of nitrogens with one attached hydrogen (secondary N) is 2. The van der Waals surface area contributed by atoms with E-state index in [2.05, 4.69) is 59.7 Å². The van der Waals surface area contributed by atoms with Crippen LogP contribution in [0.5, 0.6) is 0 Å². The maximum atomic E-state index is 5.38. The molecule has 1 atom stereocenters. The van der Waals surface area contributed by atoms with Gasteiger partial charge in [0.15, 0.2) is 5.96 Å². The summed E-state index contributed by atoms with van der Waals surface area (Å²) in [6.45, 7) is 9.74. The topological polar surface area (TPSA) is 48.9 Å². The van der Waals surface area contributed by atoms with Gasteiger partial charge in [-0.2, -0.15) is 0 Å². The number of rotatable bonds is 6. The highest BCUT2D eigenvalue weighted by Crippen LogP contribution is 2.20. The van der Waals surface area contributed by atoms with Gasteiger partial charge < -0.3 is 20.3 Å². The van der Waals surface area contributed by atoms with Crippen molar-refractivity contribution in [3.63, 3.8) is 0 Å². The van der Waals surface area contributed by atoms with Gasteiger partial charge in [-0.25, -0.2) is 0 Å². The molecule has 27 heavy (non-hydrogen) atoms. The van der Waals surface area contributed by atoms with Crippen molar-refractivity contribution in [3.05, 3.63) is 41.5 Å². The quantitative estimate of drug-likeness (QED) is 0.458. The summed E-state index contributed by atoms with van der Waals surface area (Å²) in [5.74, 6) is 0.945.